The summed E-state index contributed by atoms with van der Waals surface area (Å²) in [7, 11) is -1.52. The fourth-order valence-corrected chi connectivity index (χ4v) is 2.23. The summed E-state index contributed by atoms with van der Waals surface area (Å²) in [6, 6.07) is 10.4. The number of allylic oxidation sites excluding steroid dienone is 2. The highest BCUT2D eigenvalue weighted by molar-refractivity contribution is 6.70. The van der Waals surface area contributed by atoms with E-state index in [1.165, 1.54) is 5.56 Å². The van der Waals surface area contributed by atoms with E-state index in [9.17, 15) is 0 Å². The van der Waals surface area contributed by atoms with Gasteiger partial charge in [0.1, 0.15) is 0 Å². The Kier molecular flexibility index (Phi) is 4.56. The van der Waals surface area contributed by atoms with Gasteiger partial charge in [0.25, 0.3) is 0 Å². The Bertz CT molecular complexity index is 360. The first-order valence-corrected chi connectivity index (χ1v) is 8.97. The van der Waals surface area contributed by atoms with Crippen LogP contribution in [-0.4, -0.2) is 8.32 Å². The van der Waals surface area contributed by atoms with Crippen molar-refractivity contribution in [2.75, 3.05) is 0 Å². The molecule has 0 amide bonds. The summed E-state index contributed by atoms with van der Waals surface area (Å²) in [4.78, 5) is 0. The maximum Gasteiger partial charge on any atom is 0.242 e. The minimum absolute atomic E-state index is 0.896. The first-order chi connectivity index (χ1) is 7.51. The standard InChI is InChI=1S/C14H20OSi/c1-5-14(15-16(2,3)4)12-11-13-9-7-6-8-10-13/h5-10,12H,1,11H2,2-4H3/b14-12+. The van der Waals surface area contributed by atoms with E-state index in [1.54, 1.807) is 6.08 Å². The van der Waals surface area contributed by atoms with E-state index in [4.69, 9.17) is 4.43 Å². The minimum atomic E-state index is -1.52. The van der Waals surface area contributed by atoms with Gasteiger partial charge < -0.3 is 4.43 Å². The zero-order chi connectivity index (χ0) is 12.0. The second-order valence-corrected chi connectivity index (χ2v) is 9.14. The Labute approximate surface area is 99.6 Å². The van der Waals surface area contributed by atoms with Crippen molar-refractivity contribution in [2.24, 2.45) is 0 Å². The Hall–Kier alpha value is -1.28. The van der Waals surface area contributed by atoms with Crippen molar-refractivity contribution < 1.29 is 4.43 Å². The first-order valence-electron chi connectivity index (χ1n) is 5.57. The highest BCUT2D eigenvalue weighted by Gasteiger charge is 2.16. The molecule has 16 heavy (non-hydrogen) atoms. The van der Waals surface area contributed by atoms with E-state index >= 15 is 0 Å². The summed E-state index contributed by atoms with van der Waals surface area (Å²) in [6.45, 7) is 10.3. The molecule has 0 aliphatic carbocycles. The third kappa shape index (κ3) is 4.98. The van der Waals surface area contributed by atoms with E-state index in [-0.39, 0.29) is 0 Å². The van der Waals surface area contributed by atoms with Gasteiger partial charge >= 0.3 is 0 Å². The van der Waals surface area contributed by atoms with Gasteiger partial charge in [-0.15, -0.1) is 0 Å². The lowest BCUT2D eigenvalue weighted by atomic mass is 10.1. The Balaban J connectivity index is 2.64. The number of hydrogen-bond donors (Lipinski definition) is 0. The van der Waals surface area contributed by atoms with E-state index in [2.05, 4.69) is 56.6 Å². The third-order valence-electron chi connectivity index (χ3n) is 2.01. The molecule has 0 saturated carbocycles. The van der Waals surface area contributed by atoms with Crippen molar-refractivity contribution in [2.45, 2.75) is 26.1 Å². The van der Waals surface area contributed by atoms with E-state index < -0.39 is 8.32 Å². The summed E-state index contributed by atoms with van der Waals surface area (Å²) in [6.07, 6.45) is 4.79. The molecule has 0 heterocycles. The Morgan fingerprint density at radius 1 is 1.25 bits per heavy atom. The minimum Gasteiger partial charge on any atom is -0.545 e. The third-order valence-corrected chi connectivity index (χ3v) is 2.86. The normalized spacial score (nSPS) is 12.3. The van der Waals surface area contributed by atoms with Crippen molar-refractivity contribution in [1.82, 2.24) is 0 Å². The number of benzene rings is 1. The summed E-state index contributed by atoms with van der Waals surface area (Å²) < 4.78 is 5.89. The monoisotopic (exact) mass is 232 g/mol. The molecule has 1 nitrogen and oxygen atoms in total. The Morgan fingerprint density at radius 2 is 1.88 bits per heavy atom. The van der Waals surface area contributed by atoms with Crippen LogP contribution in [0.25, 0.3) is 0 Å². The van der Waals surface area contributed by atoms with Crippen molar-refractivity contribution >= 4 is 8.32 Å². The fourth-order valence-electron chi connectivity index (χ4n) is 1.35. The Morgan fingerprint density at radius 3 is 2.38 bits per heavy atom. The van der Waals surface area contributed by atoms with Gasteiger partial charge in [-0.25, -0.2) is 0 Å². The molecule has 0 aliphatic heterocycles. The zero-order valence-corrected chi connectivity index (χ0v) is 11.4. The summed E-state index contributed by atoms with van der Waals surface area (Å²) in [5, 5.41) is 0. The van der Waals surface area contributed by atoms with Crippen LogP contribution in [-0.2, 0) is 10.8 Å². The van der Waals surface area contributed by atoms with Crippen molar-refractivity contribution in [3.63, 3.8) is 0 Å². The van der Waals surface area contributed by atoms with Gasteiger partial charge in [-0.05, 0) is 43.8 Å². The SMILES string of the molecule is C=C/C(=C\Cc1ccccc1)O[Si](C)(C)C. The molecule has 0 atom stereocenters. The molecule has 86 valence electrons. The molecule has 0 radical (unpaired) electrons. The topological polar surface area (TPSA) is 9.23 Å². The molecule has 0 fully saturated rings. The predicted molar refractivity (Wildman–Crippen MR) is 72.9 cm³/mol. The van der Waals surface area contributed by atoms with E-state index in [0.29, 0.717) is 0 Å². The maximum absolute atomic E-state index is 5.89. The largest absolute Gasteiger partial charge is 0.545 e. The van der Waals surface area contributed by atoms with Crippen LogP contribution in [0.4, 0.5) is 0 Å². The highest BCUT2D eigenvalue weighted by Crippen LogP contribution is 2.12. The van der Waals surface area contributed by atoms with Crippen LogP contribution in [0.15, 0.2) is 54.8 Å². The quantitative estimate of drug-likeness (QED) is 0.421. The lowest BCUT2D eigenvalue weighted by Crippen LogP contribution is -2.24. The van der Waals surface area contributed by atoms with Gasteiger partial charge in [-0.1, -0.05) is 36.9 Å². The predicted octanol–water partition coefficient (Wildman–Crippen LogP) is 4.15. The summed E-state index contributed by atoms with van der Waals surface area (Å²) >= 11 is 0. The smallest absolute Gasteiger partial charge is 0.242 e. The van der Waals surface area contributed by atoms with Crippen LogP contribution in [0.5, 0.6) is 0 Å². The maximum atomic E-state index is 5.89. The van der Waals surface area contributed by atoms with E-state index in [0.717, 1.165) is 12.2 Å². The molecule has 1 aromatic carbocycles. The molecule has 0 spiro atoms. The van der Waals surface area contributed by atoms with Crippen molar-refractivity contribution in [3.8, 4) is 0 Å². The molecule has 0 bridgehead atoms. The van der Waals surface area contributed by atoms with Crippen LogP contribution < -0.4 is 0 Å². The second kappa shape index (κ2) is 5.71. The van der Waals surface area contributed by atoms with Gasteiger partial charge in [-0.2, -0.15) is 0 Å². The lowest BCUT2D eigenvalue weighted by Gasteiger charge is -2.19. The highest BCUT2D eigenvalue weighted by atomic mass is 28.4. The zero-order valence-electron chi connectivity index (χ0n) is 10.4. The number of rotatable bonds is 5. The molecule has 0 saturated heterocycles. The molecule has 0 unspecified atom stereocenters. The van der Waals surface area contributed by atoms with Crippen LogP contribution in [0.3, 0.4) is 0 Å². The average molecular weight is 232 g/mol. The van der Waals surface area contributed by atoms with E-state index in [1.807, 2.05) is 6.07 Å². The lowest BCUT2D eigenvalue weighted by molar-refractivity contribution is 0.439. The molecule has 1 aromatic rings. The fraction of sp³-hybridized carbons (Fsp3) is 0.286. The average Bonchev–Trinajstić information content (AvgIpc) is 2.24. The molecule has 1 rings (SSSR count). The van der Waals surface area contributed by atoms with Crippen LogP contribution in [0.1, 0.15) is 5.56 Å². The van der Waals surface area contributed by atoms with Gasteiger partial charge in [-0.3, -0.25) is 0 Å². The molecule has 0 aromatic heterocycles. The van der Waals surface area contributed by atoms with Gasteiger partial charge in [0.2, 0.25) is 8.32 Å². The summed E-state index contributed by atoms with van der Waals surface area (Å²) in [5.74, 6) is 0.906. The number of hydrogen-bond acceptors (Lipinski definition) is 1. The second-order valence-electron chi connectivity index (χ2n) is 4.71. The first kappa shape index (κ1) is 12.8. The molecule has 2 heteroatoms. The molecular formula is C14H20OSi. The van der Waals surface area contributed by atoms with Gasteiger partial charge in [0.15, 0.2) is 0 Å². The van der Waals surface area contributed by atoms with Gasteiger partial charge in [0, 0.05) is 0 Å². The van der Waals surface area contributed by atoms with Crippen LogP contribution in [0, 0.1) is 0 Å². The van der Waals surface area contributed by atoms with Crippen molar-refractivity contribution in [1.29, 1.82) is 0 Å². The molecular weight excluding hydrogens is 212 g/mol. The summed E-state index contributed by atoms with van der Waals surface area (Å²) in [5.41, 5.74) is 1.29. The molecule has 0 N–H and O–H groups in total. The molecule has 0 aliphatic rings. The van der Waals surface area contributed by atoms with Crippen LogP contribution >= 0.6 is 0 Å². The van der Waals surface area contributed by atoms with Gasteiger partial charge in [0.05, 0.1) is 5.76 Å². The van der Waals surface area contributed by atoms with Crippen molar-refractivity contribution in [3.05, 3.63) is 60.4 Å². The van der Waals surface area contributed by atoms with Crippen LogP contribution in [0.2, 0.25) is 19.6 Å².